The molecule has 0 bridgehead atoms. The van der Waals surface area contributed by atoms with E-state index in [0.29, 0.717) is 6.42 Å². The normalized spacial score (nSPS) is 20.8. The van der Waals surface area contributed by atoms with E-state index >= 15 is 0 Å². The Hall–Kier alpha value is -2.11. The molecule has 0 fully saturated rings. The van der Waals surface area contributed by atoms with Crippen LogP contribution in [0.15, 0.2) is 41.1 Å². The number of fused-ring (bicyclic) bond motifs is 3. The van der Waals surface area contributed by atoms with Crippen LogP contribution in [0.3, 0.4) is 0 Å². The van der Waals surface area contributed by atoms with Crippen LogP contribution in [0.4, 0.5) is 0 Å². The third kappa shape index (κ3) is 2.05. The zero-order valence-corrected chi connectivity index (χ0v) is 12.9. The molecule has 0 saturated carbocycles. The van der Waals surface area contributed by atoms with E-state index < -0.39 is 0 Å². The first-order chi connectivity index (χ1) is 10.8. The van der Waals surface area contributed by atoms with Crippen molar-refractivity contribution in [2.45, 2.75) is 18.5 Å². The Morgan fingerprint density at radius 3 is 2.95 bits per heavy atom. The lowest BCUT2D eigenvalue weighted by Gasteiger charge is -2.29. The molecule has 112 valence electrons. The van der Waals surface area contributed by atoms with Crippen LogP contribution < -0.4 is 5.32 Å². The summed E-state index contributed by atoms with van der Waals surface area (Å²) in [5.74, 6) is -0.212. The zero-order valence-electron chi connectivity index (χ0n) is 12.1. The van der Waals surface area contributed by atoms with E-state index in [9.17, 15) is 4.79 Å². The number of carbonyl (C=O) groups excluding carboxylic acids is 1. The van der Waals surface area contributed by atoms with Crippen LogP contribution in [0.25, 0.3) is 10.9 Å². The fourth-order valence-corrected chi connectivity index (χ4v) is 3.92. The second-order valence-electron chi connectivity index (χ2n) is 5.50. The first-order valence-corrected chi connectivity index (χ1v) is 8.17. The maximum absolute atomic E-state index is 12.1. The highest BCUT2D eigenvalue weighted by Crippen LogP contribution is 2.35. The maximum Gasteiger partial charge on any atom is 0.323 e. The topological polar surface area (TPSA) is 54.1 Å². The van der Waals surface area contributed by atoms with Crippen molar-refractivity contribution in [1.82, 2.24) is 10.3 Å². The minimum atomic E-state index is -0.318. The van der Waals surface area contributed by atoms with Crippen molar-refractivity contribution in [2.75, 3.05) is 7.11 Å². The Morgan fingerprint density at radius 2 is 2.18 bits per heavy atom. The van der Waals surface area contributed by atoms with E-state index in [2.05, 4.69) is 39.3 Å². The van der Waals surface area contributed by atoms with Gasteiger partial charge < -0.3 is 9.72 Å². The average Bonchev–Trinajstić information content (AvgIpc) is 3.20. The van der Waals surface area contributed by atoms with E-state index in [4.69, 9.17) is 4.74 Å². The lowest BCUT2D eigenvalue weighted by Crippen LogP contribution is -2.45. The number of H-pyrrole nitrogens is 1. The van der Waals surface area contributed by atoms with Gasteiger partial charge in [-0.3, -0.25) is 10.1 Å². The summed E-state index contributed by atoms with van der Waals surface area (Å²) in [6.07, 6.45) is 0.645. The quantitative estimate of drug-likeness (QED) is 0.715. The zero-order chi connectivity index (χ0) is 15.1. The Balaban J connectivity index is 1.88. The van der Waals surface area contributed by atoms with Crippen molar-refractivity contribution < 1.29 is 9.53 Å². The molecule has 0 aliphatic carbocycles. The number of aromatic amines is 1. The third-order valence-electron chi connectivity index (χ3n) is 4.27. The smallest absolute Gasteiger partial charge is 0.323 e. The molecule has 4 nitrogen and oxygen atoms in total. The van der Waals surface area contributed by atoms with Gasteiger partial charge in [0.2, 0.25) is 0 Å². The van der Waals surface area contributed by atoms with Crippen molar-refractivity contribution in [3.63, 3.8) is 0 Å². The van der Waals surface area contributed by atoms with Gasteiger partial charge in [-0.15, -0.1) is 0 Å². The summed E-state index contributed by atoms with van der Waals surface area (Å²) in [6.45, 7) is 0. The molecule has 22 heavy (non-hydrogen) atoms. The molecule has 0 radical (unpaired) electrons. The summed E-state index contributed by atoms with van der Waals surface area (Å²) in [5, 5.41) is 8.79. The maximum atomic E-state index is 12.1. The second-order valence-corrected chi connectivity index (χ2v) is 6.28. The molecular weight excluding hydrogens is 296 g/mol. The number of ether oxygens (including phenoxy) is 1. The Kier molecular flexibility index (Phi) is 3.24. The number of hydrogen-bond acceptors (Lipinski definition) is 4. The van der Waals surface area contributed by atoms with E-state index in [1.807, 2.05) is 12.1 Å². The number of rotatable bonds is 2. The van der Waals surface area contributed by atoms with Gasteiger partial charge >= 0.3 is 5.97 Å². The van der Waals surface area contributed by atoms with Crippen molar-refractivity contribution >= 4 is 28.2 Å². The highest BCUT2D eigenvalue weighted by Gasteiger charge is 2.34. The molecule has 2 N–H and O–H groups in total. The molecule has 5 heteroatoms. The highest BCUT2D eigenvalue weighted by atomic mass is 32.1. The fourth-order valence-electron chi connectivity index (χ4n) is 3.23. The fraction of sp³-hybridized carbons (Fsp3) is 0.235. The van der Waals surface area contributed by atoms with Gasteiger partial charge in [0.05, 0.1) is 13.2 Å². The lowest BCUT2D eigenvalue weighted by molar-refractivity contribution is -0.143. The molecule has 0 amide bonds. The van der Waals surface area contributed by atoms with Gasteiger partial charge in [-0.05, 0) is 34.0 Å². The van der Waals surface area contributed by atoms with Crippen LogP contribution in [0, 0.1) is 0 Å². The minimum absolute atomic E-state index is 0.00787. The standard InChI is InChI=1S/C17H16N2O2S/c1-21-17(20)14-8-12-11-4-2-3-5-13(11)18-16(12)15(19-14)10-6-7-22-9-10/h2-7,9,14-15,18-19H,8H2,1H3/t14-,15?/m0/s1. The van der Waals surface area contributed by atoms with E-state index in [1.165, 1.54) is 23.6 Å². The number of benzene rings is 1. The molecule has 1 aliphatic heterocycles. The molecule has 1 aliphatic rings. The second kappa shape index (κ2) is 5.26. The highest BCUT2D eigenvalue weighted by molar-refractivity contribution is 7.08. The number of methoxy groups -OCH3 is 1. The number of aromatic nitrogens is 1. The van der Waals surface area contributed by atoms with Crippen molar-refractivity contribution in [1.29, 1.82) is 0 Å². The van der Waals surface area contributed by atoms with E-state index in [1.54, 1.807) is 11.3 Å². The monoisotopic (exact) mass is 312 g/mol. The Labute approximate surface area is 132 Å². The number of para-hydroxylation sites is 1. The molecule has 4 rings (SSSR count). The Bertz CT molecular complexity index is 822. The van der Waals surface area contributed by atoms with E-state index in [-0.39, 0.29) is 18.1 Å². The molecule has 2 atom stereocenters. The van der Waals surface area contributed by atoms with E-state index in [0.717, 1.165) is 11.2 Å². The van der Waals surface area contributed by atoms with Crippen LogP contribution in [0.1, 0.15) is 22.9 Å². The first-order valence-electron chi connectivity index (χ1n) is 7.23. The van der Waals surface area contributed by atoms with Crippen molar-refractivity contribution in [3.05, 3.63) is 57.9 Å². The summed E-state index contributed by atoms with van der Waals surface area (Å²) in [4.78, 5) is 15.6. The lowest BCUT2D eigenvalue weighted by atomic mass is 9.91. The minimum Gasteiger partial charge on any atom is -0.468 e. The Morgan fingerprint density at radius 1 is 1.32 bits per heavy atom. The van der Waals surface area contributed by atoms with Crippen LogP contribution in [-0.4, -0.2) is 24.1 Å². The van der Waals surface area contributed by atoms with Gasteiger partial charge in [0.15, 0.2) is 0 Å². The average molecular weight is 312 g/mol. The summed E-state index contributed by atoms with van der Waals surface area (Å²) >= 11 is 1.66. The van der Waals surface area contributed by atoms with Gasteiger partial charge in [0.25, 0.3) is 0 Å². The molecule has 1 unspecified atom stereocenters. The molecule has 1 aromatic carbocycles. The van der Waals surface area contributed by atoms with Gasteiger partial charge in [-0.25, -0.2) is 0 Å². The van der Waals surface area contributed by atoms with Crippen LogP contribution in [0.2, 0.25) is 0 Å². The molecule has 0 spiro atoms. The molecular formula is C17H16N2O2S. The SMILES string of the molecule is COC(=O)[C@@H]1Cc2c([nH]c3ccccc23)C(c2ccsc2)N1. The third-order valence-corrected chi connectivity index (χ3v) is 4.98. The van der Waals surface area contributed by atoms with Crippen LogP contribution >= 0.6 is 11.3 Å². The largest absolute Gasteiger partial charge is 0.468 e. The van der Waals surface area contributed by atoms with Gasteiger partial charge in [0, 0.05) is 23.0 Å². The predicted octanol–water partition coefficient (Wildman–Crippen LogP) is 3.01. The molecule has 3 heterocycles. The van der Waals surface area contributed by atoms with Crippen LogP contribution in [-0.2, 0) is 16.0 Å². The number of carbonyl (C=O) groups is 1. The van der Waals surface area contributed by atoms with Gasteiger partial charge in [-0.2, -0.15) is 11.3 Å². The summed E-state index contributed by atoms with van der Waals surface area (Å²) in [7, 11) is 1.44. The molecule has 2 aromatic heterocycles. The number of nitrogens with one attached hydrogen (secondary N) is 2. The summed E-state index contributed by atoms with van der Waals surface area (Å²) < 4.78 is 4.95. The van der Waals surface area contributed by atoms with Gasteiger partial charge in [-0.1, -0.05) is 18.2 Å². The van der Waals surface area contributed by atoms with Crippen molar-refractivity contribution in [3.8, 4) is 0 Å². The van der Waals surface area contributed by atoms with Gasteiger partial charge in [0.1, 0.15) is 6.04 Å². The number of hydrogen-bond donors (Lipinski definition) is 2. The van der Waals surface area contributed by atoms with Crippen molar-refractivity contribution in [2.24, 2.45) is 0 Å². The molecule has 3 aromatic rings. The van der Waals surface area contributed by atoms with Crippen LogP contribution in [0.5, 0.6) is 0 Å². The first kappa shape index (κ1) is 13.5. The summed E-state index contributed by atoms with van der Waals surface area (Å²) in [6, 6.07) is 10.0. The number of esters is 1. The predicted molar refractivity (Wildman–Crippen MR) is 87.1 cm³/mol. The molecule has 0 saturated heterocycles. The number of thiophene rings is 1. The summed E-state index contributed by atoms with van der Waals surface area (Å²) in [5.41, 5.74) is 4.65.